The predicted octanol–water partition coefficient (Wildman–Crippen LogP) is 2.95. The third kappa shape index (κ3) is 4.05. The highest BCUT2D eigenvalue weighted by Crippen LogP contribution is 2.28. The first kappa shape index (κ1) is 18.2. The molecule has 144 valence electrons. The molecule has 6 heteroatoms. The monoisotopic (exact) mass is 367 g/mol. The van der Waals surface area contributed by atoms with Crippen molar-refractivity contribution in [3.05, 3.63) is 47.3 Å². The minimum Gasteiger partial charge on any atom is -0.333 e. The number of aromatic nitrogens is 3. The number of nitrogens with one attached hydrogen (secondary N) is 1. The van der Waals surface area contributed by atoms with Gasteiger partial charge in [0.1, 0.15) is 0 Å². The molecular weight excluding hydrogens is 338 g/mol. The average Bonchev–Trinajstić information content (AvgIpc) is 3.06. The largest absolute Gasteiger partial charge is 0.333 e. The molecule has 1 aliphatic heterocycles. The Labute approximate surface area is 160 Å². The summed E-state index contributed by atoms with van der Waals surface area (Å²) in [6.45, 7) is 5.42. The Morgan fingerprint density at radius 3 is 2.59 bits per heavy atom. The molecule has 0 atom stereocenters. The first-order chi connectivity index (χ1) is 13.2. The Morgan fingerprint density at radius 1 is 1.19 bits per heavy atom. The van der Waals surface area contributed by atoms with Crippen molar-refractivity contribution in [2.75, 3.05) is 19.6 Å². The number of amides is 1. The highest BCUT2D eigenvalue weighted by molar-refractivity contribution is 5.93. The summed E-state index contributed by atoms with van der Waals surface area (Å²) < 4.78 is 1.97. The van der Waals surface area contributed by atoms with E-state index >= 15 is 0 Å². The minimum atomic E-state index is 0.0171. The van der Waals surface area contributed by atoms with Crippen molar-refractivity contribution in [3.63, 3.8) is 0 Å². The smallest absolute Gasteiger partial charge is 0.276 e. The van der Waals surface area contributed by atoms with E-state index in [1.165, 1.54) is 19.3 Å². The first-order valence-corrected chi connectivity index (χ1v) is 10.2. The molecule has 2 fully saturated rings. The maximum absolute atomic E-state index is 13.3. The molecule has 6 nitrogen and oxygen atoms in total. The van der Waals surface area contributed by atoms with Gasteiger partial charge in [-0.05, 0) is 57.2 Å². The highest BCUT2D eigenvalue weighted by atomic mass is 16.2. The van der Waals surface area contributed by atoms with Gasteiger partial charge in [0, 0.05) is 13.1 Å². The number of hydrogen-bond donors (Lipinski definition) is 1. The fourth-order valence-electron chi connectivity index (χ4n) is 4.10. The van der Waals surface area contributed by atoms with Gasteiger partial charge in [-0.15, -0.1) is 5.10 Å². The van der Waals surface area contributed by atoms with Crippen LogP contribution in [0, 0.1) is 12.8 Å². The number of carbonyl (C=O) groups excluding carboxylic acids is 1. The molecule has 1 N–H and O–H groups in total. The van der Waals surface area contributed by atoms with Gasteiger partial charge in [-0.1, -0.05) is 42.0 Å². The van der Waals surface area contributed by atoms with Gasteiger partial charge in [0.15, 0.2) is 5.69 Å². The minimum absolute atomic E-state index is 0.0171. The van der Waals surface area contributed by atoms with Crippen LogP contribution in [-0.4, -0.2) is 45.4 Å². The second kappa shape index (κ2) is 8.21. The van der Waals surface area contributed by atoms with Crippen LogP contribution in [0.15, 0.2) is 30.3 Å². The SMILES string of the molecule is Cc1c(C(=O)N(Cc2ccccc2)CC2CCC2)nnn1C1CCNCC1. The Bertz CT molecular complexity index is 762. The van der Waals surface area contributed by atoms with Crippen LogP contribution in [0.4, 0.5) is 0 Å². The molecular formula is C21H29N5O. The lowest BCUT2D eigenvalue weighted by Gasteiger charge is -2.32. The molecule has 0 radical (unpaired) electrons. The molecule has 2 heterocycles. The molecule has 27 heavy (non-hydrogen) atoms. The van der Waals surface area contributed by atoms with Crippen LogP contribution < -0.4 is 5.32 Å². The van der Waals surface area contributed by atoms with Crippen LogP contribution in [0.2, 0.25) is 0 Å². The summed E-state index contributed by atoms with van der Waals surface area (Å²) in [4.78, 5) is 15.3. The van der Waals surface area contributed by atoms with Gasteiger partial charge in [-0.25, -0.2) is 4.68 Å². The van der Waals surface area contributed by atoms with Crippen molar-refractivity contribution in [2.45, 2.75) is 51.6 Å². The van der Waals surface area contributed by atoms with Crippen molar-refractivity contribution >= 4 is 5.91 Å². The zero-order chi connectivity index (χ0) is 18.6. The summed E-state index contributed by atoms with van der Waals surface area (Å²) in [6.07, 6.45) is 5.79. The zero-order valence-electron chi connectivity index (χ0n) is 16.1. The Morgan fingerprint density at radius 2 is 1.93 bits per heavy atom. The molecule has 1 amide bonds. The maximum atomic E-state index is 13.3. The molecule has 0 unspecified atom stereocenters. The number of carbonyl (C=O) groups is 1. The second-order valence-corrected chi connectivity index (χ2v) is 7.92. The molecule has 0 spiro atoms. The predicted molar refractivity (Wildman–Crippen MR) is 104 cm³/mol. The molecule has 0 bridgehead atoms. The summed E-state index contributed by atoms with van der Waals surface area (Å²) in [7, 11) is 0. The summed E-state index contributed by atoms with van der Waals surface area (Å²) in [5.41, 5.74) is 2.58. The van der Waals surface area contributed by atoms with E-state index in [1.54, 1.807) is 0 Å². The summed E-state index contributed by atoms with van der Waals surface area (Å²) in [5, 5.41) is 12.0. The van der Waals surface area contributed by atoms with E-state index in [-0.39, 0.29) is 5.91 Å². The Kier molecular flexibility index (Phi) is 5.53. The lowest BCUT2D eigenvalue weighted by Crippen LogP contribution is -2.37. The van der Waals surface area contributed by atoms with Gasteiger partial charge in [0.05, 0.1) is 11.7 Å². The van der Waals surface area contributed by atoms with Gasteiger partial charge < -0.3 is 10.2 Å². The number of hydrogen-bond acceptors (Lipinski definition) is 4. The normalized spacial score (nSPS) is 18.3. The van der Waals surface area contributed by atoms with E-state index in [0.29, 0.717) is 24.2 Å². The lowest BCUT2D eigenvalue weighted by atomic mass is 9.85. The molecule has 1 aromatic carbocycles. The first-order valence-electron chi connectivity index (χ1n) is 10.2. The van der Waals surface area contributed by atoms with E-state index in [2.05, 4.69) is 27.8 Å². The van der Waals surface area contributed by atoms with Gasteiger partial charge in [-0.3, -0.25) is 4.79 Å². The van der Waals surface area contributed by atoms with Crippen molar-refractivity contribution in [1.29, 1.82) is 0 Å². The fraction of sp³-hybridized carbons (Fsp3) is 0.571. The number of nitrogens with zero attached hydrogens (tertiary/aromatic N) is 4. The molecule has 4 rings (SSSR count). The van der Waals surface area contributed by atoms with E-state index in [1.807, 2.05) is 34.7 Å². The molecule has 1 saturated carbocycles. The van der Waals surface area contributed by atoms with Crippen molar-refractivity contribution in [1.82, 2.24) is 25.2 Å². The van der Waals surface area contributed by atoms with Gasteiger partial charge >= 0.3 is 0 Å². The zero-order valence-corrected chi connectivity index (χ0v) is 16.1. The molecule has 2 aliphatic rings. The molecule has 1 aromatic heterocycles. The quantitative estimate of drug-likeness (QED) is 0.853. The standard InChI is InChI=1S/C21H29N5O/c1-16-20(23-24-26(16)19-10-12-22-13-11-19)21(27)25(15-18-8-5-9-18)14-17-6-3-2-4-7-17/h2-4,6-7,18-19,22H,5,8-15H2,1H3. The van der Waals surface area contributed by atoms with E-state index < -0.39 is 0 Å². The van der Waals surface area contributed by atoms with Crippen molar-refractivity contribution in [2.24, 2.45) is 5.92 Å². The molecule has 1 aliphatic carbocycles. The third-order valence-electron chi connectivity index (χ3n) is 5.99. The van der Waals surface area contributed by atoms with Crippen LogP contribution in [0.1, 0.15) is 59.9 Å². The van der Waals surface area contributed by atoms with Crippen LogP contribution >= 0.6 is 0 Å². The average molecular weight is 367 g/mol. The fourth-order valence-corrected chi connectivity index (χ4v) is 4.10. The second-order valence-electron chi connectivity index (χ2n) is 7.92. The van der Waals surface area contributed by atoms with E-state index in [4.69, 9.17) is 0 Å². The van der Waals surface area contributed by atoms with Crippen LogP contribution in [0.25, 0.3) is 0 Å². The highest BCUT2D eigenvalue weighted by Gasteiger charge is 2.29. The lowest BCUT2D eigenvalue weighted by molar-refractivity contribution is 0.0672. The molecule has 2 aromatic rings. The summed E-state index contributed by atoms with van der Waals surface area (Å²) in [5.74, 6) is 0.640. The van der Waals surface area contributed by atoms with Crippen LogP contribution in [-0.2, 0) is 6.54 Å². The van der Waals surface area contributed by atoms with Gasteiger partial charge in [0.25, 0.3) is 5.91 Å². The number of rotatable bonds is 6. The summed E-state index contributed by atoms with van der Waals surface area (Å²) in [6, 6.07) is 10.6. The topological polar surface area (TPSA) is 63.1 Å². The summed E-state index contributed by atoms with van der Waals surface area (Å²) >= 11 is 0. The van der Waals surface area contributed by atoms with Gasteiger partial charge in [-0.2, -0.15) is 0 Å². The number of piperidine rings is 1. The Hall–Kier alpha value is -2.21. The molecule has 1 saturated heterocycles. The van der Waals surface area contributed by atoms with Crippen molar-refractivity contribution in [3.8, 4) is 0 Å². The van der Waals surface area contributed by atoms with Crippen LogP contribution in [0.5, 0.6) is 0 Å². The third-order valence-corrected chi connectivity index (χ3v) is 5.99. The maximum Gasteiger partial charge on any atom is 0.276 e. The van der Waals surface area contributed by atoms with Crippen LogP contribution in [0.3, 0.4) is 0 Å². The van der Waals surface area contributed by atoms with E-state index in [9.17, 15) is 4.79 Å². The van der Waals surface area contributed by atoms with Crippen molar-refractivity contribution < 1.29 is 4.79 Å². The Balaban J connectivity index is 1.54. The number of benzene rings is 1. The van der Waals surface area contributed by atoms with Gasteiger partial charge in [0.2, 0.25) is 0 Å². The van der Waals surface area contributed by atoms with E-state index in [0.717, 1.165) is 43.7 Å².